The molecule has 0 atom stereocenters. The van der Waals surface area contributed by atoms with Crippen molar-refractivity contribution in [2.75, 3.05) is 13.6 Å². The molecule has 0 aromatic carbocycles. The fraction of sp³-hybridized carbons (Fsp3) is 0.812. The number of aryl methyl sites for hydroxylation is 1. The third kappa shape index (κ3) is 3.41. The van der Waals surface area contributed by atoms with Crippen LogP contribution in [0.1, 0.15) is 50.2 Å². The Morgan fingerprint density at radius 3 is 2.55 bits per heavy atom. The minimum Gasteiger partial charge on any atom is -0.329 e. The molecule has 0 radical (unpaired) electrons. The molecule has 20 heavy (non-hydrogen) atoms. The van der Waals surface area contributed by atoms with Crippen LogP contribution in [-0.2, 0) is 6.54 Å². The minimum absolute atomic E-state index is 0.183. The van der Waals surface area contributed by atoms with Gasteiger partial charge in [0.1, 0.15) is 0 Å². The van der Waals surface area contributed by atoms with Crippen molar-refractivity contribution in [3.8, 4) is 0 Å². The van der Waals surface area contributed by atoms with Gasteiger partial charge in [-0.2, -0.15) is 0 Å². The maximum absolute atomic E-state index is 6.16. The summed E-state index contributed by atoms with van der Waals surface area (Å²) in [7, 11) is 2.22. The zero-order valence-electron chi connectivity index (χ0n) is 13.4. The van der Waals surface area contributed by atoms with Crippen molar-refractivity contribution in [3.05, 3.63) is 16.1 Å². The van der Waals surface area contributed by atoms with Crippen LogP contribution >= 0.6 is 11.3 Å². The van der Waals surface area contributed by atoms with Crippen LogP contribution in [0.3, 0.4) is 0 Å². The smallest absolute Gasteiger partial charge is 0.0897 e. The number of aromatic nitrogens is 1. The molecule has 1 aliphatic carbocycles. The number of hydrogen-bond donors (Lipinski definition) is 1. The highest BCUT2D eigenvalue weighted by Gasteiger charge is 2.38. The second-order valence-electron chi connectivity index (χ2n) is 6.72. The summed E-state index contributed by atoms with van der Waals surface area (Å²) in [4.78, 5) is 7.05. The molecular weight excluding hydrogens is 266 g/mol. The van der Waals surface area contributed by atoms with Gasteiger partial charge in [-0.1, -0.05) is 13.8 Å². The van der Waals surface area contributed by atoms with Crippen LogP contribution in [-0.4, -0.2) is 29.0 Å². The molecular formula is C16H29N3S. The monoisotopic (exact) mass is 295 g/mol. The molecule has 4 heteroatoms. The summed E-state index contributed by atoms with van der Waals surface area (Å²) in [5.74, 6) is 1.68. The van der Waals surface area contributed by atoms with Gasteiger partial charge in [0.05, 0.1) is 10.7 Å². The largest absolute Gasteiger partial charge is 0.329 e. The van der Waals surface area contributed by atoms with Gasteiger partial charge in [0.15, 0.2) is 0 Å². The quantitative estimate of drug-likeness (QED) is 0.905. The Hall–Kier alpha value is -0.450. The lowest BCUT2D eigenvalue weighted by atomic mass is 9.72. The molecule has 0 unspecified atom stereocenters. The fourth-order valence-corrected chi connectivity index (χ4v) is 4.08. The Kier molecular flexibility index (Phi) is 5.21. The number of likely N-dealkylation sites (N-methyl/N-ethyl adjacent to an activating group) is 1. The van der Waals surface area contributed by atoms with Gasteiger partial charge in [-0.3, -0.25) is 4.90 Å². The van der Waals surface area contributed by atoms with E-state index in [9.17, 15) is 0 Å². The molecule has 2 rings (SSSR count). The van der Waals surface area contributed by atoms with Crippen molar-refractivity contribution in [1.82, 2.24) is 9.88 Å². The molecule has 1 heterocycles. The van der Waals surface area contributed by atoms with Gasteiger partial charge in [-0.25, -0.2) is 4.98 Å². The maximum atomic E-state index is 6.16. The van der Waals surface area contributed by atoms with Gasteiger partial charge in [0, 0.05) is 24.0 Å². The number of rotatable bonds is 5. The van der Waals surface area contributed by atoms with Gasteiger partial charge in [-0.15, -0.1) is 11.3 Å². The zero-order chi connectivity index (χ0) is 14.8. The second kappa shape index (κ2) is 6.54. The van der Waals surface area contributed by atoms with Crippen molar-refractivity contribution in [2.45, 2.75) is 58.5 Å². The van der Waals surface area contributed by atoms with E-state index in [1.807, 2.05) is 0 Å². The van der Waals surface area contributed by atoms with Crippen LogP contribution in [0.4, 0.5) is 0 Å². The van der Waals surface area contributed by atoms with E-state index in [4.69, 9.17) is 5.73 Å². The normalized spacial score (nSPS) is 27.4. The molecule has 114 valence electrons. The highest BCUT2D eigenvalue weighted by molar-refractivity contribution is 7.09. The first kappa shape index (κ1) is 15.9. The highest BCUT2D eigenvalue weighted by atomic mass is 32.1. The average Bonchev–Trinajstić information content (AvgIpc) is 2.84. The van der Waals surface area contributed by atoms with E-state index in [0.717, 1.165) is 29.9 Å². The number of thiazole rings is 1. The lowest BCUT2D eigenvalue weighted by molar-refractivity contribution is 0.0490. The SMILES string of the molecule is Cc1nc(CN(C)C2(CN)CCC(C(C)C)CC2)cs1. The Morgan fingerprint density at radius 2 is 2.10 bits per heavy atom. The summed E-state index contributed by atoms with van der Waals surface area (Å²) in [5.41, 5.74) is 7.53. The minimum atomic E-state index is 0.183. The lowest BCUT2D eigenvalue weighted by Gasteiger charge is -2.46. The molecule has 0 saturated heterocycles. The third-order valence-corrected chi connectivity index (χ3v) is 5.98. The summed E-state index contributed by atoms with van der Waals surface area (Å²) in [6.07, 6.45) is 5.09. The predicted octanol–water partition coefficient (Wildman–Crippen LogP) is 3.43. The number of nitrogens with zero attached hydrogens (tertiary/aromatic N) is 2. The summed E-state index contributed by atoms with van der Waals surface area (Å²) < 4.78 is 0. The van der Waals surface area contributed by atoms with Crippen molar-refractivity contribution >= 4 is 11.3 Å². The van der Waals surface area contributed by atoms with Crippen molar-refractivity contribution in [3.63, 3.8) is 0 Å². The van der Waals surface area contributed by atoms with E-state index in [0.29, 0.717) is 0 Å². The standard InChI is InChI=1S/C16H29N3S/c1-12(2)14-5-7-16(11-17,8-6-14)19(4)9-15-10-20-13(3)18-15/h10,12,14H,5-9,11,17H2,1-4H3. The van der Waals surface area contributed by atoms with E-state index in [-0.39, 0.29) is 5.54 Å². The van der Waals surface area contributed by atoms with Crippen molar-refractivity contribution in [2.24, 2.45) is 17.6 Å². The highest BCUT2D eigenvalue weighted by Crippen LogP contribution is 2.38. The first-order valence-electron chi connectivity index (χ1n) is 7.79. The molecule has 0 aliphatic heterocycles. The number of hydrogen-bond acceptors (Lipinski definition) is 4. The Labute approximate surface area is 127 Å². The van der Waals surface area contributed by atoms with Crippen LogP contribution in [0.2, 0.25) is 0 Å². The summed E-state index contributed by atoms with van der Waals surface area (Å²) in [5, 5.41) is 3.33. The van der Waals surface area contributed by atoms with Gasteiger partial charge in [0.25, 0.3) is 0 Å². The van der Waals surface area contributed by atoms with Crippen LogP contribution in [0.15, 0.2) is 5.38 Å². The molecule has 1 aromatic heterocycles. The topological polar surface area (TPSA) is 42.2 Å². The molecule has 1 fully saturated rings. The maximum Gasteiger partial charge on any atom is 0.0897 e. The summed E-state index contributed by atoms with van der Waals surface area (Å²) in [6, 6.07) is 0. The molecule has 1 aromatic rings. The van der Waals surface area contributed by atoms with Gasteiger partial charge < -0.3 is 5.73 Å². The van der Waals surface area contributed by atoms with Crippen LogP contribution in [0.5, 0.6) is 0 Å². The second-order valence-corrected chi connectivity index (χ2v) is 7.79. The molecule has 0 bridgehead atoms. The Bertz CT molecular complexity index is 419. The molecule has 3 nitrogen and oxygen atoms in total. The van der Waals surface area contributed by atoms with Crippen molar-refractivity contribution < 1.29 is 0 Å². The van der Waals surface area contributed by atoms with E-state index in [1.165, 1.54) is 31.4 Å². The molecule has 2 N–H and O–H groups in total. The molecule has 0 spiro atoms. The first-order valence-corrected chi connectivity index (χ1v) is 8.67. The van der Waals surface area contributed by atoms with Gasteiger partial charge in [-0.05, 0) is 51.5 Å². The lowest BCUT2D eigenvalue weighted by Crippen LogP contribution is -2.54. The van der Waals surface area contributed by atoms with Gasteiger partial charge >= 0.3 is 0 Å². The van der Waals surface area contributed by atoms with Crippen LogP contribution in [0.25, 0.3) is 0 Å². The fourth-order valence-electron chi connectivity index (χ4n) is 3.48. The molecule has 1 aliphatic rings. The Morgan fingerprint density at radius 1 is 1.45 bits per heavy atom. The summed E-state index contributed by atoms with van der Waals surface area (Å²) in [6.45, 7) is 8.45. The Balaban J connectivity index is 2.00. The van der Waals surface area contributed by atoms with Gasteiger partial charge in [0.2, 0.25) is 0 Å². The summed E-state index contributed by atoms with van der Waals surface area (Å²) >= 11 is 1.73. The predicted molar refractivity (Wildman–Crippen MR) is 86.9 cm³/mol. The average molecular weight is 295 g/mol. The van der Waals surface area contributed by atoms with Crippen molar-refractivity contribution in [1.29, 1.82) is 0 Å². The van der Waals surface area contributed by atoms with E-state index < -0.39 is 0 Å². The van der Waals surface area contributed by atoms with E-state index in [2.05, 4.69) is 43.1 Å². The van der Waals surface area contributed by atoms with E-state index in [1.54, 1.807) is 11.3 Å². The van der Waals surface area contributed by atoms with E-state index >= 15 is 0 Å². The third-order valence-electron chi connectivity index (χ3n) is 5.16. The van der Waals surface area contributed by atoms with Crippen LogP contribution in [0, 0.1) is 18.8 Å². The molecule has 1 saturated carbocycles. The molecule has 0 amide bonds. The zero-order valence-corrected chi connectivity index (χ0v) is 14.2. The van der Waals surface area contributed by atoms with Crippen LogP contribution < -0.4 is 5.73 Å². The number of nitrogens with two attached hydrogens (primary N) is 1. The first-order chi connectivity index (χ1) is 9.47.